The highest BCUT2D eigenvalue weighted by atomic mass is 16.6. The molecular weight excluding hydrogens is 140 g/mol. The van der Waals surface area contributed by atoms with Gasteiger partial charge in [-0.3, -0.25) is 0 Å². The maximum absolute atomic E-state index is 10.4. The number of rotatable bonds is 0. The monoisotopic (exact) mass is 148 g/mol. The van der Waals surface area contributed by atoms with Crippen molar-refractivity contribution in [1.82, 2.24) is 0 Å². The van der Waals surface area contributed by atoms with E-state index in [1.807, 2.05) is 0 Å². The Morgan fingerprint density at radius 1 is 1.40 bits per heavy atom. The van der Waals surface area contributed by atoms with E-state index in [0.717, 1.165) is 0 Å². The van der Waals surface area contributed by atoms with Gasteiger partial charge in [0.15, 0.2) is 6.10 Å². The summed E-state index contributed by atoms with van der Waals surface area (Å²) in [6.45, 7) is -0.253. The molecule has 0 saturated carbocycles. The predicted molar refractivity (Wildman–Crippen MR) is 29.0 cm³/mol. The number of hydrogen-bond acceptors (Lipinski definition) is 5. The van der Waals surface area contributed by atoms with Gasteiger partial charge >= 0.3 is 5.97 Å². The lowest BCUT2D eigenvalue weighted by Gasteiger charge is -2.26. The second-order valence-corrected chi connectivity index (χ2v) is 2.13. The van der Waals surface area contributed by atoms with Crippen LogP contribution < -0.4 is 0 Å². The zero-order valence-corrected chi connectivity index (χ0v) is 5.10. The van der Waals surface area contributed by atoms with Gasteiger partial charge in [0.1, 0.15) is 18.8 Å². The molecular formula is C5H8O5. The first-order chi connectivity index (χ1) is 4.63. The summed E-state index contributed by atoms with van der Waals surface area (Å²) in [6.07, 6.45) is -4.20. The van der Waals surface area contributed by atoms with Gasteiger partial charge in [0, 0.05) is 0 Å². The second-order valence-electron chi connectivity index (χ2n) is 2.13. The summed E-state index contributed by atoms with van der Waals surface area (Å²) in [6, 6.07) is 0. The van der Waals surface area contributed by atoms with Crippen LogP contribution in [0.1, 0.15) is 0 Å². The van der Waals surface area contributed by atoms with Crippen molar-refractivity contribution in [3.8, 4) is 0 Å². The summed E-state index contributed by atoms with van der Waals surface area (Å²) < 4.78 is 4.27. The molecule has 1 aliphatic rings. The van der Waals surface area contributed by atoms with Crippen LogP contribution in [0, 0.1) is 0 Å². The minimum atomic E-state index is -1.61. The van der Waals surface area contributed by atoms with Gasteiger partial charge in [-0.15, -0.1) is 0 Å². The maximum atomic E-state index is 10.4. The van der Waals surface area contributed by atoms with E-state index in [1.165, 1.54) is 0 Å². The number of hydrogen-bond donors (Lipinski definition) is 3. The number of aliphatic hydroxyl groups is 3. The molecule has 3 atom stereocenters. The molecule has 10 heavy (non-hydrogen) atoms. The third kappa shape index (κ3) is 1.11. The number of esters is 1. The smallest absolute Gasteiger partial charge is 0.337 e. The van der Waals surface area contributed by atoms with Crippen molar-refractivity contribution in [2.45, 2.75) is 18.3 Å². The van der Waals surface area contributed by atoms with E-state index >= 15 is 0 Å². The molecule has 0 aromatic rings. The standard InChI is InChI=1S/C5H8O5/c6-2-1-10-5(9)4(8)3(2)7/h2-4,6-8H,1H2/t2-,3-,4+/m0/s1. The van der Waals surface area contributed by atoms with Gasteiger partial charge in [-0.25, -0.2) is 4.79 Å². The Balaban J connectivity index is 2.60. The van der Waals surface area contributed by atoms with Gasteiger partial charge in [0.05, 0.1) is 0 Å². The summed E-state index contributed by atoms with van der Waals surface area (Å²) in [5.74, 6) is -0.891. The lowest BCUT2D eigenvalue weighted by atomic mass is 10.1. The molecule has 1 saturated heterocycles. The summed E-state index contributed by atoms with van der Waals surface area (Å²) in [7, 11) is 0. The average molecular weight is 148 g/mol. The van der Waals surface area contributed by atoms with Gasteiger partial charge in [0.2, 0.25) is 0 Å². The van der Waals surface area contributed by atoms with Crippen LogP contribution in [0.15, 0.2) is 0 Å². The van der Waals surface area contributed by atoms with E-state index in [4.69, 9.17) is 15.3 Å². The van der Waals surface area contributed by atoms with Crippen molar-refractivity contribution in [1.29, 1.82) is 0 Å². The first kappa shape index (κ1) is 7.46. The maximum Gasteiger partial charge on any atom is 0.337 e. The third-order valence-electron chi connectivity index (χ3n) is 1.36. The van der Waals surface area contributed by atoms with Crippen molar-refractivity contribution in [2.75, 3.05) is 6.61 Å². The highest BCUT2D eigenvalue weighted by molar-refractivity contribution is 5.76. The number of carbonyl (C=O) groups is 1. The van der Waals surface area contributed by atoms with Crippen LogP contribution >= 0.6 is 0 Å². The van der Waals surface area contributed by atoms with E-state index in [1.54, 1.807) is 0 Å². The number of ether oxygens (including phenoxy) is 1. The summed E-state index contributed by atoms with van der Waals surface area (Å²) in [4.78, 5) is 10.4. The molecule has 0 bridgehead atoms. The Morgan fingerprint density at radius 3 is 2.50 bits per heavy atom. The zero-order valence-electron chi connectivity index (χ0n) is 5.10. The largest absolute Gasteiger partial charge is 0.461 e. The fraction of sp³-hybridized carbons (Fsp3) is 0.800. The number of cyclic esters (lactones) is 1. The van der Waals surface area contributed by atoms with E-state index < -0.39 is 24.3 Å². The van der Waals surface area contributed by atoms with Crippen molar-refractivity contribution in [3.63, 3.8) is 0 Å². The average Bonchev–Trinajstić information content (AvgIpc) is 1.93. The van der Waals surface area contributed by atoms with Crippen LogP contribution in [0.4, 0.5) is 0 Å². The Morgan fingerprint density at radius 2 is 2.00 bits per heavy atom. The Labute approximate surface area is 56.9 Å². The molecule has 1 aliphatic heterocycles. The molecule has 0 spiro atoms. The second kappa shape index (κ2) is 2.53. The van der Waals surface area contributed by atoms with Gasteiger partial charge in [-0.1, -0.05) is 0 Å². The first-order valence-electron chi connectivity index (χ1n) is 2.84. The van der Waals surface area contributed by atoms with Gasteiger partial charge < -0.3 is 20.1 Å². The molecule has 58 valence electrons. The lowest BCUT2D eigenvalue weighted by molar-refractivity contribution is -0.185. The van der Waals surface area contributed by atoms with Crippen LogP contribution in [0.5, 0.6) is 0 Å². The molecule has 1 heterocycles. The van der Waals surface area contributed by atoms with E-state index in [9.17, 15) is 4.79 Å². The van der Waals surface area contributed by atoms with Crippen LogP contribution in [0.2, 0.25) is 0 Å². The van der Waals surface area contributed by atoms with E-state index in [2.05, 4.69) is 4.74 Å². The lowest BCUT2D eigenvalue weighted by Crippen LogP contribution is -2.50. The van der Waals surface area contributed by atoms with E-state index in [0.29, 0.717) is 0 Å². The van der Waals surface area contributed by atoms with Crippen molar-refractivity contribution < 1.29 is 24.9 Å². The number of aliphatic hydroxyl groups excluding tert-OH is 3. The van der Waals surface area contributed by atoms with Crippen molar-refractivity contribution >= 4 is 5.97 Å². The molecule has 1 fully saturated rings. The molecule has 0 radical (unpaired) electrons. The van der Waals surface area contributed by atoms with Gasteiger partial charge in [0.25, 0.3) is 0 Å². The third-order valence-corrected chi connectivity index (χ3v) is 1.36. The highest BCUT2D eigenvalue weighted by Crippen LogP contribution is 2.08. The molecule has 3 N–H and O–H groups in total. The minimum absolute atomic E-state index is 0.253. The van der Waals surface area contributed by atoms with Crippen LogP contribution in [-0.4, -0.2) is 46.2 Å². The Bertz CT molecular complexity index is 145. The quantitative estimate of drug-likeness (QED) is 0.334. The van der Waals surface area contributed by atoms with Gasteiger partial charge in [-0.05, 0) is 0 Å². The number of carbonyl (C=O) groups excluding carboxylic acids is 1. The fourth-order valence-corrected chi connectivity index (χ4v) is 0.701. The molecule has 0 aromatic carbocycles. The molecule has 1 rings (SSSR count). The summed E-state index contributed by atoms with van der Waals surface area (Å²) in [5, 5.41) is 26.3. The fourth-order valence-electron chi connectivity index (χ4n) is 0.701. The zero-order chi connectivity index (χ0) is 7.72. The SMILES string of the molecule is O=C1OC[C@H](O)[C@H](O)[C@H]1O. The Kier molecular flexibility index (Phi) is 1.89. The highest BCUT2D eigenvalue weighted by Gasteiger charge is 2.36. The van der Waals surface area contributed by atoms with Gasteiger partial charge in [-0.2, -0.15) is 0 Å². The van der Waals surface area contributed by atoms with Crippen LogP contribution in [-0.2, 0) is 9.53 Å². The molecule has 0 unspecified atom stereocenters. The van der Waals surface area contributed by atoms with Crippen LogP contribution in [0.3, 0.4) is 0 Å². The van der Waals surface area contributed by atoms with E-state index in [-0.39, 0.29) is 6.61 Å². The van der Waals surface area contributed by atoms with Crippen molar-refractivity contribution in [3.05, 3.63) is 0 Å². The molecule has 0 aromatic heterocycles. The molecule has 0 amide bonds. The Hall–Kier alpha value is -0.650. The first-order valence-corrected chi connectivity index (χ1v) is 2.84. The van der Waals surface area contributed by atoms with Crippen LogP contribution in [0.25, 0.3) is 0 Å². The van der Waals surface area contributed by atoms with Crippen molar-refractivity contribution in [2.24, 2.45) is 0 Å². The topological polar surface area (TPSA) is 87.0 Å². The molecule has 5 nitrogen and oxygen atoms in total. The predicted octanol–water partition coefficient (Wildman–Crippen LogP) is -2.37. The normalized spacial score (nSPS) is 41.1. The summed E-state index contributed by atoms with van der Waals surface area (Å²) in [5.41, 5.74) is 0. The minimum Gasteiger partial charge on any atom is -0.461 e. The molecule has 5 heteroatoms. The summed E-state index contributed by atoms with van der Waals surface area (Å²) >= 11 is 0. The molecule has 0 aliphatic carbocycles.